The van der Waals surface area contributed by atoms with Crippen molar-refractivity contribution in [1.29, 1.82) is 0 Å². The van der Waals surface area contributed by atoms with Crippen LogP contribution in [0.15, 0.2) is 23.1 Å². The molecule has 102 valence electrons. The summed E-state index contributed by atoms with van der Waals surface area (Å²) in [7, 11) is 0. The zero-order chi connectivity index (χ0) is 13.9. The Bertz CT molecular complexity index is 547. The van der Waals surface area contributed by atoms with E-state index in [1.165, 1.54) is 12.3 Å². The molecule has 0 saturated heterocycles. The summed E-state index contributed by atoms with van der Waals surface area (Å²) in [6.07, 6.45) is 6.09. The molecule has 1 aromatic rings. The molecule has 0 bridgehead atoms. The smallest absolute Gasteiger partial charge is 0.252 e. The number of carbonyl (C=O) groups excluding carboxylic acids is 1. The summed E-state index contributed by atoms with van der Waals surface area (Å²) in [5, 5.41) is 2.92. The van der Waals surface area contributed by atoms with E-state index >= 15 is 0 Å². The van der Waals surface area contributed by atoms with Crippen LogP contribution in [-0.2, 0) is 0 Å². The lowest BCUT2D eigenvalue weighted by Crippen LogP contribution is -2.57. The number of nitrogens with one attached hydrogen (secondary N) is 2. The zero-order valence-corrected chi connectivity index (χ0v) is 11.4. The van der Waals surface area contributed by atoms with Gasteiger partial charge >= 0.3 is 0 Å². The molecule has 0 unspecified atom stereocenters. The van der Waals surface area contributed by atoms with Crippen molar-refractivity contribution >= 4 is 23.1 Å². The lowest BCUT2D eigenvalue weighted by molar-refractivity contribution is 0.0908. The van der Waals surface area contributed by atoms with Crippen LogP contribution in [0.4, 0.5) is 0 Å². The number of aromatic amines is 1. The topological polar surface area (TPSA) is 88.0 Å². The van der Waals surface area contributed by atoms with Crippen LogP contribution in [0.1, 0.15) is 42.5 Å². The fourth-order valence-electron chi connectivity index (χ4n) is 2.46. The van der Waals surface area contributed by atoms with E-state index in [2.05, 4.69) is 10.3 Å². The van der Waals surface area contributed by atoms with Gasteiger partial charge in [0.1, 0.15) is 0 Å². The van der Waals surface area contributed by atoms with Crippen LogP contribution in [0.5, 0.6) is 0 Å². The summed E-state index contributed by atoms with van der Waals surface area (Å²) in [6.45, 7) is 0. The van der Waals surface area contributed by atoms with Crippen LogP contribution in [0.25, 0.3) is 0 Å². The number of carbonyl (C=O) groups is 1. The monoisotopic (exact) mass is 279 g/mol. The molecule has 1 aromatic heterocycles. The molecular formula is C13H17N3O2S. The zero-order valence-electron chi connectivity index (χ0n) is 10.6. The fourth-order valence-corrected chi connectivity index (χ4v) is 2.72. The third-order valence-electron chi connectivity index (χ3n) is 3.57. The largest absolute Gasteiger partial charge is 0.391 e. The van der Waals surface area contributed by atoms with Crippen LogP contribution in [0.2, 0.25) is 0 Å². The SMILES string of the molecule is NC(=S)C1(NC(=O)c2cc[nH]c(=O)c2)CCCCC1. The van der Waals surface area contributed by atoms with Gasteiger partial charge in [0.25, 0.3) is 5.91 Å². The van der Waals surface area contributed by atoms with Gasteiger partial charge in [-0.2, -0.15) is 0 Å². The number of hydrogen-bond donors (Lipinski definition) is 3. The van der Waals surface area contributed by atoms with Crippen molar-refractivity contribution in [3.63, 3.8) is 0 Å². The van der Waals surface area contributed by atoms with Gasteiger partial charge in [-0.1, -0.05) is 31.5 Å². The van der Waals surface area contributed by atoms with Gasteiger partial charge in [-0.15, -0.1) is 0 Å². The van der Waals surface area contributed by atoms with E-state index in [1.54, 1.807) is 6.07 Å². The van der Waals surface area contributed by atoms with E-state index in [0.29, 0.717) is 10.6 Å². The Morgan fingerprint density at radius 1 is 1.37 bits per heavy atom. The summed E-state index contributed by atoms with van der Waals surface area (Å²) in [6, 6.07) is 2.83. The normalized spacial score (nSPS) is 17.7. The summed E-state index contributed by atoms with van der Waals surface area (Å²) >= 11 is 5.12. The first-order valence-corrected chi connectivity index (χ1v) is 6.75. The molecule has 4 N–H and O–H groups in total. The molecule has 1 heterocycles. The first-order chi connectivity index (χ1) is 9.03. The molecule has 19 heavy (non-hydrogen) atoms. The predicted molar refractivity (Wildman–Crippen MR) is 77.1 cm³/mol. The Labute approximate surface area is 116 Å². The highest BCUT2D eigenvalue weighted by Crippen LogP contribution is 2.28. The van der Waals surface area contributed by atoms with Gasteiger partial charge in [-0.25, -0.2) is 0 Å². The number of rotatable bonds is 3. The molecule has 1 aliphatic rings. The molecule has 1 saturated carbocycles. The maximum Gasteiger partial charge on any atom is 0.252 e. The molecule has 0 atom stereocenters. The van der Waals surface area contributed by atoms with E-state index in [4.69, 9.17) is 18.0 Å². The van der Waals surface area contributed by atoms with Crippen molar-refractivity contribution in [3.05, 3.63) is 34.2 Å². The summed E-state index contributed by atoms with van der Waals surface area (Å²) in [5.74, 6) is -0.305. The van der Waals surface area contributed by atoms with E-state index in [0.717, 1.165) is 32.1 Å². The van der Waals surface area contributed by atoms with E-state index in [-0.39, 0.29) is 11.5 Å². The Morgan fingerprint density at radius 2 is 2.05 bits per heavy atom. The Balaban J connectivity index is 2.20. The van der Waals surface area contributed by atoms with E-state index in [9.17, 15) is 9.59 Å². The second-order valence-corrected chi connectivity index (χ2v) is 5.34. The van der Waals surface area contributed by atoms with Gasteiger partial charge in [0, 0.05) is 17.8 Å². The quantitative estimate of drug-likeness (QED) is 0.723. The van der Waals surface area contributed by atoms with Gasteiger partial charge in [0.2, 0.25) is 5.56 Å². The van der Waals surface area contributed by atoms with Crippen molar-refractivity contribution in [2.45, 2.75) is 37.6 Å². The molecule has 0 aromatic carbocycles. The Hall–Kier alpha value is -1.69. The average Bonchev–Trinajstić information content (AvgIpc) is 2.39. The highest BCUT2D eigenvalue weighted by atomic mass is 32.1. The highest BCUT2D eigenvalue weighted by Gasteiger charge is 2.36. The van der Waals surface area contributed by atoms with Crippen LogP contribution in [0.3, 0.4) is 0 Å². The summed E-state index contributed by atoms with van der Waals surface area (Å²) in [4.78, 5) is 26.2. The molecule has 1 aliphatic carbocycles. The third-order valence-corrected chi connectivity index (χ3v) is 3.96. The van der Waals surface area contributed by atoms with Crippen LogP contribution in [-0.4, -0.2) is 21.4 Å². The first kappa shape index (κ1) is 13.7. The van der Waals surface area contributed by atoms with Crippen LogP contribution in [0, 0.1) is 0 Å². The van der Waals surface area contributed by atoms with Gasteiger partial charge in [-0.05, 0) is 18.9 Å². The third kappa shape index (κ3) is 3.01. The lowest BCUT2D eigenvalue weighted by Gasteiger charge is -2.37. The lowest BCUT2D eigenvalue weighted by atomic mass is 9.81. The number of amides is 1. The molecule has 2 rings (SSSR count). The Kier molecular flexibility index (Phi) is 3.99. The molecule has 0 aliphatic heterocycles. The fraction of sp³-hybridized carbons (Fsp3) is 0.462. The number of thiocarbonyl (C=S) groups is 1. The van der Waals surface area contributed by atoms with Gasteiger partial charge in [-0.3, -0.25) is 9.59 Å². The molecule has 0 radical (unpaired) electrons. The molecule has 1 amide bonds. The molecule has 0 spiro atoms. The van der Waals surface area contributed by atoms with Crippen molar-refractivity contribution in [1.82, 2.24) is 10.3 Å². The van der Waals surface area contributed by atoms with E-state index in [1.807, 2.05) is 0 Å². The number of H-pyrrole nitrogens is 1. The number of hydrogen-bond acceptors (Lipinski definition) is 3. The summed E-state index contributed by atoms with van der Waals surface area (Å²) < 4.78 is 0. The van der Waals surface area contributed by atoms with Gasteiger partial charge in [0.15, 0.2) is 0 Å². The Morgan fingerprint density at radius 3 is 2.63 bits per heavy atom. The van der Waals surface area contributed by atoms with Crippen LogP contribution >= 0.6 is 12.2 Å². The second-order valence-electron chi connectivity index (χ2n) is 4.90. The molecular weight excluding hydrogens is 262 g/mol. The summed E-state index contributed by atoms with van der Waals surface area (Å²) in [5.41, 5.74) is 5.22. The maximum absolute atomic E-state index is 12.2. The minimum atomic E-state index is -0.604. The van der Waals surface area contributed by atoms with Crippen molar-refractivity contribution in [2.24, 2.45) is 5.73 Å². The standard InChI is InChI=1S/C13H17N3O2S/c14-12(19)13(5-2-1-3-6-13)16-11(18)9-4-7-15-10(17)8-9/h4,7-8H,1-3,5-6H2,(H2,14,19)(H,15,17)(H,16,18). The van der Waals surface area contributed by atoms with Crippen molar-refractivity contribution in [2.75, 3.05) is 0 Å². The van der Waals surface area contributed by atoms with Gasteiger partial charge in [0.05, 0.1) is 10.5 Å². The minimum absolute atomic E-state index is 0.305. The minimum Gasteiger partial charge on any atom is -0.391 e. The second kappa shape index (κ2) is 5.52. The molecule has 6 heteroatoms. The maximum atomic E-state index is 12.2. The van der Waals surface area contributed by atoms with Crippen molar-refractivity contribution in [3.8, 4) is 0 Å². The van der Waals surface area contributed by atoms with Crippen molar-refractivity contribution < 1.29 is 4.79 Å². The predicted octanol–water partition coefficient (Wildman–Crippen LogP) is 1.09. The van der Waals surface area contributed by atoms with Gasteiger partial charge < -0.3 is 16.0 Å². The van der Waals surface area contributed by atoms with E-state index < -0.39 is 5.54 Å². The first-order valence-electron chi connectivity index (χ1n) is 6.35. The molecule has 5 nitrogen and oxygen atoms in total. The van der Waals surface area contributed by atoms with Crippen LogP contribution < -0.4 is 16.6 Å². The highest BCUT2D eigenvalue weighted by molar-refractivity contribution is 7.80. The number of pyridine rings is 1. The number of nitrogens with two attached hydrogens (primary N) is 1. The average molecular weight is 279 g/mol. The number of aromatic nitrogens is 1. The molecule has 1 fully saturated rings.